The summed E-state index contributed by atoms with van der Waals surface area (Å²) in [5.74, 6) is 0.862. The van der Waals surface area contributed by atoms with Gasteiger partial charge in [-0.2, -0.15) is 0 Å². The van der Waals surface area contributed by atoms with E-state index in [-0.39, 0.29) is 24.2 Å². The molecule has 0 aliphatic heterocycles. The molecule has 6 nitrogen and oxygen atoms in total. The van der Waals surface area contributed by atoms with Crippen LogP contribution in [0.1, 0.15) is 22.8 Å². The van der Waals surface area contributed by atoms with Crippen LogP contribution in [0.2, 0.25) is 0 Å². The van der Waals surface area contributed by atoms with Crippen molar-refractivity contribution in [3.63, 3.8) is 0 Å². The number of hydrogen-bond acceptors (Lipinski definition) is 4. The predicted molar refractivity (Wildman–Crippen MR) is 115 cm³/mol. The monoisotopic (exact) mass is 422 g/mol. The summed E-state index contributed by atoms with van der Waals surface area (Å²) in [4.78, 5) is 24.2. The summed E-state index contributed by atoms with van der Waals surface area (Å²) < 4.78 is 23.9. The number of amides is 2. The fraction of sp³-hybridized carbons (Fsp3) is 0.167. The van der Waals surface area contributed by atoms with Gasteiger partial charge in [-0.25, -0.2) is 4.39 Å². The smallest absolute Gasteiger partial charge is 0.251 e. The van der Waals surface area contributed by atoms with Crippen LogP contribution in [-0.2, 0) is 11.3 Å². The first-order chi connectivity index (χ1) is 15.0. The molecule has 0 saturated carbocycles. The van der Waals surface area contributed by atoms with E-state index in [2.05, 4.69) is 10.6 Å². The van der Waals surface area contributed by atoms with Crippen molar-refractivity contribution in [3.05, 3.63) is 89.7 Å². The van der Waals surface area contributed by atoms with Gasteiger partial charge in [0.25, 0.3) is 5.91 Å². The van der Waals surface area contributed by atoms with Gasteiger partial charge in [-0.05, 0) is 73.2 Å². The number of nitrogens with one attached hydrogen (secondary N) is 2. The zero-order valence-corrected chi connectivity index (χ0v) is 17.1. The van der Waals surface area contributed by atoms with E-state index in [1.165, 1.54) is 12.1 Å². The van der Waals surface area contributed by atoms with Crippen molar-refractivity contribution in [1.29, 1.82) is 0 Å². The molecule has 0 atom stereocenters. The fourth-order valence-corrected chi connectivity index (χ4v) is 2.71. The minimum absolute atomic E-state index is 0.127. The van der Waals surface area contributed by atoms with Crippen LogP contribution < -0.4 is 20.1 Å². The van der Waals surface area contributed by atoms with E-state index in [1.807, 2.05) is 19.1 Å². The average Bonchev–Trinajstić information content (AvgIpc) is 2.79. The molecule has 0 unspecified atom stereocenters. The Morgan fingerprint density at radius 1 is 0.806 bits per heavy atom. The number of carbonyl (C=O) groups is 2. The van der Waals surface area contributed by atoms with Crippen LogP contribution in [0.3, 0.4) is 0 Å². The van der Waals surface area contributed by atoms with Crippen molar-refractivity contribution >= 4 is 11.8 Å². The minimum atomic E-state index is -0.333. The Hall–Kier alpha value is -3.87. The van der Waals surface area contributed by atoms with Gasteiger partial charge in [0.15, 0.2) is 0 Å². The summed E-state index contributed by atoms with van der Waals surface area (Å²) in [5.41, 5.74) is 1.32. The van der Waals surface area contributed by atoms with Crippen molar-refractivity contribution in [2.45, 2.75) is 13.5 Å². The normalized spacial score (nSPS) is 10.3. The summed E-state index contributed by atoms with van der Waals surface area (Å²) in [6.45, 7) is 2.62. The van der Waals surface area contributed by atoms with Gasteiger partial charge >= 0.3 is 0 Å². The molecule has 7 heteroatoms. The zero-order valence-electron chi connectivity index (χ0n) is 17.1. The second-order valence-electron chi connectivity index (χ2n) is 6.62. The lowest BCUT2D eigenvalue weighted by Crippen LogP contribution is -2.36. The average molecular weight is 422 g/mol. The predicted octanol–water partition coefficient (Wildman–Crippen LogP) is 4.06. The Balaban J connectivity index is 1.41. The highest BCUT2D eigenvalue weighted by Crippen LogP contribution is 2.21. The molecule has 0 fully saturated rings. The van der Waals surface area contributed by atoms with Crippen LogP contribution in [0.5, 0.6) is 17.2 Å². The molecule has 0 saturated heterocycles. The van der Waals surface area contributed by atoms with Crippen LogP contribution >= 0.6 is 0 Å². The van der Waals surface area contributed by atoms with Gasteiger partial charge in [0.05, 0.1) is 13.2 Å². The second-order valence-corrected chi connectivity index (χ2v) is 6.62. The number of halogens is 1. The van der Waals surface area contributed by atoms with E-state index in [0.29, 0.717) is 36.0 Å². The van der Waals surface area contributed by atoms with Crippen molar-refractivity contribution in [3.8, 4) is 17.2 Å². The summed E-state index contributed by atoms with van der Waals surface area (Å²) >= 11 is 0. The summed E-state index contributed by atoms with van der Waals surface area (Å²) in [7, 11) is 0. The van der Waals surface area contributed by atoms with Gasteiger partial charge in [-0.3, -0.25) is 9.59 Å². The third-order valence-electron chi connectivity index (χ3n) is 4.30. The zero-order chi connectivity index (χ0) is 22.1. The van der Waals surface area contributed by atoms with Crippen molar-refractivity contribution < 1.29 is 23.5 Å². The summed E-state index contributed by atoms with van der Waals surface area (Å²) in [6.07, 6.45) is 0. The molecule has 2 amide bonds. The minimum Gasteiger partial charge on any atom is -0.494 e. The summed E-state index contributed by atoms with van der Waals surface area (Å²) in [5, 5.41) is 5.34. The third kappa shape index (κ3) is 6.85. The molecule has 2 N–H and O–H groups in total. The lowest BCUT2D eigenvalue weighted by molar-refractivity contribution is -0.120. The standard InChI is InChI=1S/C24H23FN2O4/c1-2-30-20-11-5-18(6-12-20)24(29)27-16-23(28)26-15-17-3-9-21(10-4-17)31-22-13-7-19(25)8-14-22/h3-14H,2,15-16H2,1H3,(H,26,28)(H,27,29). The van der Waals surface area contributed by atoms with Gasteiger partial charge < -0.3 is 20.1 Å². The Labute approximate surface area is 180 Å². The van der Waals surface area contributed by atoms with Crippen LogP contribution in [0, 0.1) is 5.82 Å². The molecule has 0 bridgehead atoms. The maximum Gasteiger partial charge on any atom is 0.251 e. The molecular formula is C24H23FN2O4. The Morgan fingerprint density at radius 2 is 1.39 bits per heavy atom. The lowest BCUT2D eigenvalue weighted by atomic mass is 10.2. The molecular weight excluding hydrogens is 399 g/mol. The number of ether oxygens (including phenoxy) is 2. The molecule has 160 valence electrons. The SMILES string of the molecule is CCOc1ccc(C(=O)NCC(=O)NCc2ccc(Oc3ccc(F)cc3)cc2)cc1. The van der Waals surface area contributed by atoms with E-state index < -0.39 is 0 Å². The van der Waals surface area contributed by atoms with Crippen LogP contribution in [0.25, 0.3) is 0 Å². The van der Waals surface area contributed by atoms with Gasteiger partial charge in [0.2, 0.25) is 5.91 Å². The first kappa shape index (κ1) is 21.8. The molecule has 0 aliphatic rings. The van der Waals surface area contributed by atoms with E-state index >= 15 is 0 Å². The largest absolute Gasteiger partial charge is 0.494 e. The lowest BCUT2D eigenvalue weighted by Gasteiger charge is -2.09. The molecule has 31 heavy (non-hydrogen) atoms. The maximum absolute atomic E-state index is 12.9. The molecule has 0 spiro atoms. The first-order valence-corrected chi connectivity index (χ1v) is 9.83. The van der Waals surface area contributed by atoms with E-state index in [9.17, 15) is 14.0 Å². The van der Waals surface area contributed by atoms with E-state index in [1.54, 1.807) is 48.5 Å². The van der Waals surface area contributed by atoms with Crippen molar-refractivity contribution in [2.24, 2.45) is 0 Å². The third-order valence-corrected chi connectivity index (χ3v) is 4.30. The quantitative estimate of drug-likeness (QED) is 0.545. The molecule has 3 rings (SSSR count). The number of carbonyl (C=O) groups excluding carboxylic acids is 2. The number of benzene rings is 3. The van der Waals surface area contributed by atoms with Crippen LogP contribution in [-0.4, -0.2) is 25.0 Å². The fourth-order valence-electron chi connectivity index (χ4n) is 2.71. The van der Waals surface area contributed by atoms with E-state index in [0.717, 1.165) is 5.56 Å². The molecule has 0 heterocycles. The molecule has 3 aromatic carbocycles. The topological polar surface area (TPSA) is 76.7 Å². The molecule has 0 radical (unpaired) electrons. The molecule has 3 aromatic rings. The maximum atomic E-state index is 12.9. The van der Waals surface area contributed by atoms with Crippen LogP contribution in [0.15, 0.2) is 72.8 Å². The second kappa shape index (κ2) is 10.8. The highest BCUT2D eigenvalue weighted by atomic mass is 19.1. The van der Waals surface area contributed by atoms with Gasteiger partial charge in [0, 0.05) is 12.1 Å². The first-order valence-electron chi connectivity index (χ1n) is 9.83. The van der Waals surface area contributed by atoms with Gasteiger partial charge in [-0.15, -0.1) is 0 Å². The molecule has 0 aromatic heterocycles. The Morgan fingerprint density at radius 3 is 2.00 bits per heavy atom. The number of hydrogen-bond donors (Lipinski definition) is 2. The van der Waals surface area contributed by atoms with Crippen LogP contribution in [0.4, 0.5) is 4.39 Å². The Kier molecular flexibility index (Phi) is 7.59. The molecule has 0 aliphatic carbocycles. The highest BCUT2D eigenvalue weighted by Gasteiger charge is 2.08. The highest BCUT2D eigenvalue weighted by molar-refractivity contribution is 5.96. The number of rotatable bonds is 9. The van der Waals surface area contributed by atoms with Gasteiger partial charge in [-0.1, -0.05) is 12.1 Å². The van der Waals surface area contributed by atoms with Crippen molar-refractivity contribution in [2.75, 3.05) is 13.2 Å². The summed E-state index contributed by atoms with van der Waals surface area (Å²) in [6, 6.07) is 19.6. The van der Waals surface area contributed by atoms with Crippen molar-refractivity contribution in [1.82, 2.24) is 10.6 Å². The van der Waals surface area contributed by atoms with Gasteiger partial charge in [0.1, 0.15) is 23.1 Å². The van der Waals surface area contributed by atoms with E-state index in [4.69, 9.17) is 9.47 Å². The Bertz CT molecular complexity index is 1000.